The topological polar surface area (TPSA) is 21.1 Å². The average molecular weight is 362 g/mol. The summed E-state index contributed by atoms with van der Waals surface area (Å²) in [5.41, 5.74) is 4.09. The summed E-state index contributed by atoms with van der Waals surface area (Å²) in [6.07, 6.45) is 12.0. The van der Waals surface area contributed by atoms with Gasteiger partial charge in [-0.25, -0.2) is 4.98 Å². The highest BCUT2D eigenvalue weighted by Crippen LogP contribution is 2.37. The van der Waals surface area contributed by atoms with Gasteiger partial charge >= 0.3 is 0 Å². The van der Waals surface area contributed by atoms with Crippen molar-refractivity contribution in [2.45, 2.75) is 58.8 Å². The zero-order valence-corrected chi connectivity index (χ0v) is 16.7. The van der Waals surface area contributed by atoms with Gasteiger partial charge in [-0.15, -0.1) is 12.4 Å². The predicted molar refractivity (Wildman–Crippen MR) is 109 cm³/mol. The second-order valence-corrected chi connectivity index (χ2v) is 8.05. The van der Waals surface area contributed by atoms with Crippen molar-refractivity contribution in [2.24, 2.45) is 18.9 Å². The molecule has 0 amide bonds. The molecule has 1 aliphatic carbocycles. The van der Waals surface area contributed by atoms with Gasteiger partial charge in [0.05, 0.1) is 5.52 Å². The van der Waals surface area contributed by atoms with Gasteiger partial charge in [-0.3, -0.25) is 0 Å². The lowest BCUT2D eigenvalue weighted by Crippen LogP contribution is -2.39. The van der Waals surface area contributed by atoms with Gasteiger partial charge in [0.2, 0.25) is 0 Å². The van der Waals surface area contributed by atoms with Gasteiger partial charge in [-0.05, 0) is 50.2 Å². The molecule has 4 heteroatoms. The lowest BCUT2D eigenvalue weighted by atomic mass is 9.76. The van der Waals surface area contributed by atoms with Gasteiger partial charge in [-0.2, -0.15) is 0 Å². The minimum atomic E-state index is 0. The number of halogens is 1. The summed E-state index contributed by atoms with van der Waals surface area (Å²) in [6.45, 7) is 6.83. The van der Waals surface area contributed by atoms with E-state index in [1.54, 1.807) is 0 Å². The summed E-state index contributed by atoms with van der Waals surface area (Å²) in [4.78, 5) is 7.42. The summed E-state index contributed by atoms with van der Waals surface area (Å²) in [5, 5.41) is 1.37. The van der Waals surface area contributed by atoms with Crippen LogP contribution in [0.5, 0.6) is 0 Å². The maximum absolute atomic E-state index is 4.83. The summed E-state index contributed by atoms with van der Waals surface area (Å²) >= 11 is 0. The Labute approximate surface area is 158 Å². The molecule has 2 aliphatic rings. The van der Waals surface area contributed by atoms with Gasteiger partial charge in [0.15, 0.2) is 5.82 Å². The molecule has 1 saturated heterocycles. The first-order valence-electron chi connectivity index (χ1n) is 9.82. The molecule has 2 aromatic rings. The molecule has 0 aromatic carbocycles. The van der Waals surface area contributed by atoms with E-state index in [0.29, 0.717) is 0 Å². The number of hydrogen-bond donors (Lipinski definition) is 0. The first-order valence-corrected chi connectivity index (χ1v) is 9.82. The third kappa shape index (κ3) is 3.28. The van der Waals surface area contributed by atoms with Crippen molar-refractivity contribution in [3.05, 3.63) is 23.5 Å². The fourth-order valence-corrected chi connectivity index (χ4v) is 5.11. The highest BCUT2D eigenvalue weighted by atomic mass is 35.5. The molecule has 138 valence electrons. The van der Waals surface area contributed by atoms with E-state index in [9.17, 15) is 0 Å². The quantitative estimate of drug-likeness (QED) is 0.713. The molecule has 1 saturated carbocycles. The van der Waals surface area contributed by atoms with Crippen molar-refractivity contribution in [2.75, 3.05) is 18.0 Å². The zero-order chi connectivity index (χ0) is 16.7. The Kier molecular flexibility index (Phi) is 5.62. The van der Waals surface area contributed by atoms with Crippen molar-refractivity contribution in [3.8, 4) is 0 Å². The first kappa shape index (κ1) is 18.6. The van der Waals surface area contributed by atoms with Crippen molar-refractivity contribution < 1.29 is 0 Å². The lowest BCUT2D eigenvalue weighted by molar-refractivity contribution is 0.220. The third-order valence-corrected chi connectivity index (χ3v) is 6.76. The van der Waals surface area contributed by atoms with E-state index in [0.717, 1.165) is 11.8 Å². The molecule has 0 spiro atoms. The monoisotopic (exact) mass is 361 g/mol. The number of aromatic nitrogens is 2. The Bertz CT molecular complexity index is 730. The van der Waals surface area contributed by atoms with Crippen LogP contribution < -0.4 is 4.90 Å². The van der Waals surface area contributed by atoms with Crippen LogP contribution in [0.2, 0.25) is 0 Å². The molecule has 1 unspecified atom stereocenters. The highest BCUT2D eigenvalue weighted by Gasteiger charge is 2.30. The molecule has 0 bridgehead atoms. The third-order valence-electron chi connectivity index (χ3n) is 6.76. The van der Waals surface area contributed by atoms with Crippen molar-refractivity contribution in [1.29, 1.82) is 0 Å². The van der Waals surface area contributed by atoms with Crippen LogP contribution in [0, 0.1) is 25.7 Å². The van der Waals surface area contributed by atoms with E-state index < -0.39 is 0 Å². The van der Waals surface area contributed by atoms with Crippen molar-refractivity contribution >= 4 is 29.1 Å². The zero-order valence-electron chi connectivity index (χ0n) is 15.9. The Morgan fingerprint density at radius 2 is 1.72 bits per heavy atom. The molecule has 1 atom stereocenters. The number of rotatable bonds is 2. The smallest absolute Gasteiger partial charge is 0.153 e. The minimum Gasteiger partial charge on any atom is -0.355 e. The predicted octanol–water partition coefficient (Wildman–Crippen LogP) is 5.41. The number of hydrogen-bond acceptors (Lipinski definition) is 2. The van der Waals surface area contributed by atoms with Crippen LogP contribution in [0.25, 0.3) is 10.9 Å². The van der Waals surface area contributed by atoms with Gasteiger partial charge < -0.3 is 9.47 Å². The highest BCUT2D eigenvalue weighted by molar-refractivity contribution is 5.93. The summed E-state index contributed by atoms with van der Waals surface area (Å²) in [7, 11) is 2.19. The van der Waals surface area contributed by atoms with Gasteiger partial charge in [0.1, 0.15) is 0 Å². The maximum atomic E-state index is 4.83. The number of pyridine rings is 1. The Hall–Kier alpha value is -1.22. The van der Waals surface area contributed by atoms with Crippen molar-refractivity contribution in [1.82, 2.24) is 9.55 Å². The molecule has 0 N–H and O–H groups in total. The van der Waals surface area contributed by atoms with Gasteiger partial charge in [0.25, 0.3) is 0 Å². The molecule has 0 radical (unpaired) electrons. The normalized spacial score (nSPS) is 22.2. The first-order chi connectivity index (χ1) is 11.7. The molecule has 3 heterocycles. The summed E-state index contributed by atoms with van der Waals surface area (Å²) < 4.78 is 2.34. The molecular formula is C21H32ClN3. The molecule has 1 aliphatic heterocycles. The van der Waals surface area contributed by atoms with E-state index in [4.69, 9.17) is 4.98 Å². The second kappa shape index (κ2) is 7.57. The van der Waals surface area contributed by atoms with E-state index in [2.05, 4.69) is 36.4 Å². The van der Waals surface area contributed by atoms with Crippen LogP contribution in [0.3, 0.4) is 0 Å². The Morgan fingerprint density at radius 3 is 2.48 bits per heavy atom. The SMILES string of the molecule is Cc1c(C)n(C)c2c(N3CCCC(C4CCCCC4)C3)nccc12.Cl. The largest absolute Gasteiger partial charge is 0.355 e. The van der Waals surface area contributed by atoms with Crippen LogP contribution in [-0.4, -0.2) is 22.6 Å². The maximum Gasteiger partial charge on any atom is 0.153 e. The Morgan fingerprint density at radius 1 is 1.00 bits per heavy atom. The number of fused-ring (bicyclic) bond motifs is 1. The van der Waals surface area contributed by atoms with Crippen LogP contribution in [0.4, 0.5) is 5.82 Å². The number of piperidine rings is 1. The molecule has 2 fully saturated rings. The second-order valence-electron chi connectivity index (χ2n) is 8.05. The molecule has 25 heavy (non-hydrogen) atoms. The molecule has 2 aromatic heterocycles. The summed E-state index contributed by atoms with van der Waals surface area (Å²) in [5.74, 6) is 3.04. The minimum absolute atomic E-state index is 0. The average Bonchev–Trinajstić information content (AvgIpc) is 2.87. The van der Waals surface area contributed by atoms with E-state index in [1.165, 1.54) is 86.0 Å². The number of anilines is 1. The standard InChI is InChI=1S/C21H31N3.ClH/c1-15-16(2)23(3)20-19(15)11-12-22-21(20)24-13-7-10-18(14-24)17-8-5-4-6-9-17;/h11-12,17-18H,4-10,13-14H2,1-3H3;1H. The van der Waals surface area contributed by atoms with E-state index in [-0.39, 0.29) is 12.4 Å². The van der Waals surface area contributed by atoms with Crippen LogP contribution >= 0.6 is 12.4 Å². The van der Waals surface area contributed by atoms with Gasteiger partial charge in [-0.1, -0.05) is 32.1 Å². The summed E-state index contributed by atoms with van der Waals surface area (Å²) in [6, 6.07) is 2.18. The van der Waals surface area contributed by atoms with Crippen LogP contribution in [0.1, 0.15) is 56.2 Å². The lowest BCUT2D eigenvalue weighted by Gasteiger charge is -2.39. The van der Waals surface area contributed by atoms with E-state index in [1.807, 2.05) is 6.20 Å². The molecule has 3 nitrogen and oxygen atoms in total. The Balaban J connectivity index is 0.00000182. The van der Waals surface area contributed by atoms with Crippen LogP contribution in [-0.2, 0) is 7.05 Å². The van der Waals surface area contributed by atoms with Crippen LogP contribution in [0.15, 0.2) is 12.3 Å². The van der Waals surface area contributed by atoms with Gasteiger partial charge in [0, 0.05) is 37.4 Å². The molecule has 4 rings (SSSR count). The van der Waals surface area contributed by atoms with E-state index >= 15 is 0 Å². The number of aryl methyl sites for hydroxylation is 2. The fourth-order valence-electron chi connectivity index (χ4n) is 5.11. The fraction of sp³-hybridized carbons (Fsp3) is 0.667. The number of nitrogens with zero attached hydrogens (tertiary/aromatic N) is 3. The van der Waals surface area contributed by atoms with Crippen molar-refractivity contribution in [3.63, 3.8) is 0 Å². The molecular weight excluding hydrogens is 330 g/mol.